The number of rotatable bonds is 4. The second-order valence-corrected chi connectivity index (χ2v) is 13.7. The number of cyclic esters (lactones) is 1. The van der Waals surface area contributed by atoms with Gasteiger partial charge in [-0.25, -0.2) is 4.79 Å². The van der Waals surface area contributed by atoms with Crippen LogP contribution in [0, 0.1) is 5.92 Å². The highest BCUT2D eigenvalue weighted by Gasteiger charge is 2.38. The van der Waals surface area contributed by atoms with Crippen LogP contribution in [0.15, 0.2) is 24.3 Å². The molecule has 1 aromatic carbocycles. The summed E-state index contributed by atoms with van der Waals surface area (Å²) >= 11 is 0. The number of esters is 1. The molecule has 4 nitrogen and oxygen atoms in total. The van der Waals surface area contributed by atoms with Gasteiger partial charge in [-0.2, -0.15) is 0 Å². The molecule has 140 valence electrons. The fourth-order valence-electron chi connectivity index (χ4n) is 2.64. The van der Waals surface area contributed by atoms with Crippen molar-refractivity contribution in [3.8, 4) is 0 Å². The maximum atomic E-state index is 12.6. The van der Waals surface area contributed by atoms with Gasteiger partial charge in [0, 0.05) is 12.1 Å². The van der Waals surface area contributed by atoms with Gasteiger partial charge in [-0.3, -0.25) is 0 Å². The second-order valence-electron chi connectivity index (χ2n) is 8.86. The van der Waals surface area contributed by atoms with E-state index in [0.29, 0.717) is 13.0 Å². The Morgan fingerprint density at radius 1 is 1.28 bits per heavy atom. The average Bonchev–Trinajstić information content (AvgIpc) is 2.48. The minimum atomic E-state index is -1.88. The van der Waals surface area contributed by atoms with Gasteiger partial charge in [-0.15, -0.1) is 0 Å². The van der Waals surface area contributed by atoms with Gasteiger partial charge in [-0.1, -0.05) is 52.8 Å². The molecule has 0 unspecified atom stereocenters. The van der Waals surface area contributed by atoms with Crippen LogP contribution in [0.3, 0.4) is 0 Å². The number of carbonyl (C=O) groups excluding carboxylic acids is 1. The lowest BCUT2D eigenvalue weighted by Crippen LogP contribution is -2.46. The highest BCUT2D eigenvalue weighted by molar-refractivity contribution is 6.74. The van der Waals surface area contributed by atoms with Gasteiger partial charge < -0.3 is 14.5 Å². The van der Waals surface area contributed by atoms with E-state index >= 15 is 0 Å². The van der Waals surface area contributed by atoms with Crippen molar-refractivity contribution in [1.82, 2.24) is 0 Å². The standard InChI is InChI=1S/C20H33NO3Si/c1-14(2)18-19(22)24-16(13-23-25(6,7)20(3,4)5)12-15-10-8-9-11-17(15)21-18/h8-11,14,16,18,21H,12-13H2,1-7H3/t16-,18-/m0/s1. The van der Waals surface area contributed by atoms with Crippen LogP contribution >= 0.6 is 0 Å². The summed E-state index contributed by atoms with van der Waals surface area (Å²) in [5.74, 6) is -0.0334. The van der Waals surface area contributed by atoms with E-state index in [4.69, 9.17) is 9.16 Å². The molecule has 0 radical (unpaired) electrons. The molecule has 0 fully saturated rings. The highest BCUT2D eigenvalue weighted by atomic mass is 28.4. The molecule has 1 N–H and O–H groups in total. The van der Waals surface area contributed by atoms with Crippen LogP contribution in [-0.2, 0) is 20.4 Å². The number of hydrogen-bond acceptors (Lipinski definition) is 4. The van der Waals surface area contributed by atoms with E-state index < -0.39 is 8.32 Å². The summed E-state index contributed by atoms with van der Waals surface area (Å²) in [6, 6.07) is 7.82. The van der Waals surface area contributed by atoms with Gasteiger partial charge >= 0.3 is 5.97 Å². The summed E-state index contributed by atoms with van der Waals surface area (Å²) < 4.78 is 12.2. The normalized spacial score (nSPS) is 21.8. The Morgan fingerprint density at radius 2 is 1.92 bits per heavy atom. The highest BCUT2D eigenvalue weighted by Crippen LogP contribution is 2.37. The first kappa shape index (κ1) is 20.0. The largest absolute Gasteiger partial charge is 0.458 e. The van der Waals surface area contributed by atoms with Gasteiger partial charge in [0.05, 0.1) is 6.61 Å². The van der Waals surface area contributed by atoms with Crippen molar-refractivity contribution in [3.63, 3.8) is 0 Å². The van der Waals surface area contributed by atoms with Crippen LogP contribution in [0.5, 0.6) is 0 Å². The number of carbonyl (C=O) groups is 1. The minimum Gasteiger partial charge on any atom is -0.458 e. The van der Waals surface area contributed by atoms with Crippen molar-refractivity contribution < 1.29 is 14.0 Å². The summed E-state index contributed by atoms with van der Waals surface area (Å²) in [5, 5.41) is 3.50. The Labute approximate surface area is 153 Å². The molecule has 1 heterocycles. The summed E-state index contributed by atoms with van der Waals surface area (Å²) in [5.41, 5.74) is 2.19. The monoisotopic (exact) mass is 363 g/mol. The molecular formula is C20H33NO3Si. The number of hydrogen-bond donors (Lipinski definition) is 1. The Hall–Kier alpha value is -1.33. The molecule has 2 rings (SSSR count). The molecule has 1 aliphatic heterocycles. The van der Waals surface area contributed by atoms with E-state index in [2.05, 4.69) is 45.2 Å². The van der Waals surface area contributed by atoms with Crippen LogP contribution in [0.2, 0.25) is 18.1 Å². The number of fused-ring (bicyclic) bond motifs is 1. The first-order chi connectivity index (χ1) is 11.5. The van der Waals surface area contributed by atoms with E-state index in [0.717, 1.165) is 5.69 Å². The molecule has 1 aromatic rings. The lowest BCUT2D eigenvalue weighted by Gasteiger charge is -2.38. The lowest BCUT2D eigenvalue weighted by atomic mass is 9.99. The summed E-state index contributed by atoms with van der Waals surface area (Å²) in [4.78, 5) is 12.6. The number of anilines is 1. The smallest absolute Gasteiger partial charge is 0.329 e. The van der Waals surface area contributed by atoms with Crippen molar-refractivity contribution in [1.29, 1.82) is 0 Å². The zero-order chi connectivity index (χ0) is 18.8. The Morgan fingerprint density at radius 3 is 2.52 bits per heavy atom. The third kappa shape index (κ3) is 4.85. The molecule has 25 heavy (non-hydrogen) atoms. The first-order valence-electron chi connectivity index (χ1n) is 9.20. The molecule has 0 aliphatic carbocycles. The summed E-state index contributed by atoms with van der Waals surface area (Å²) in [7, 11) is -1.88. The topological polar surface area (TPSA) is 47.6 Å². The predicted octanol–water partition coefficient (Wildman–Crippen LogP) is 4.61. The molecule has 0 bridgehead atoms. The number of ether oxygens (including phenoxy) is 1. The number of para-hydroxylation sites is 1. The SMILES string of the molecule is CC(C)[C@@H]1Nc2ccccc2C[C@@H](CO[Si](C)(C)C(C)(C)C)OC1=O. The van der Waals surface area contributed by atoms with Crippen molar-refractivity contribution in [2.75, 3.05) is 11.9 Å². The van der Waals surface area contributed by atoms with Gasteiger partial charge in [-0.05, 0) is 35.7 Å². The summed E-state index contributed by atoms with van der Waals surface area (Å²) in [6.07, 6.45) is 0.431. The van der Waals surface area contributed by atoms with Crippen molar-refractivity contribution in [2.24, 2.45) is 5.92 Å². The fraction of sp³-hybridized carbons (Fsp3) is 0.650. The van der Waals surface area contributed by atoms with E-state index in [1.54, 1.807) is 0 Å². The van der Waals surface area contributed by atoms with Crippen molar-refractivity contribution >= 4 is 20.0 Å². The average molecular weight is 364 g/mol. The number of nitrogens with one attached hydrogen (secondary N) is 1. The third-order valence-electron chi connectivity index (χ3n) is 5.42. The molecule has 1 aliphatic rings. The molecule has 0 spiro atoms. The molecule has 0 amide bonds. The maximum Gasteiger partial charge on any atom is 0.329 e. The van der Waals surface area contributed by atoms with Crippen LogP contribution in [-0.4, -0.2) is 33.0 Å². The van der Waals surface area contributed by atoms with Gasteiger partial charge in [0.15, 0.2) is 8.32 Å². The van der Waals surface area contributed by atoms with Crippen LogP contribution in [0.4, 0.5) is 5.69 Å². The van der Waals surface area contributed by atoms with Gasteiger partial charge in [0.25, 0.3) is 0 Å². The Kier molecular flexibility index (Phi) is 6.00. The first-order valence-corrected chi connectivity index (χ1v) is 12.1. The molecule has 0 saturated carbocycles. The Balaban J connectivity index is 2.21. The van der Waals surface area contributed by atoms with Gasteiger partial charge in [0.1, 0.15) is 12.1 Å². The van der Waals surface area contributed by atoms with Gasteiger partial charge in [0.2, 0.25) is 0 Å². The van der Waals surface area contributed by atoms with Crippen LogP contribution in [0.1, 0.15) is 40.2 Å². The summed E-state index contributed by atoms with van der Waals surface area (Å²) in [6.45, 7) is 15.6. The molecule has 2 atom stereocenters. The second kappa shape index (κ2) is 7.50. The zero-order valence-corrected chi connectivity index (χ0v) is 17.7. The molecule has 0 saturated heterocycles. The predicted molar refractivity (Wildman–Crippen MR) is 105 cm³/mol. The van der Waals surface area contributed by atoms with E-state index in [9.17, 15) is 4.79 Å². The van der Waals surface area contributed by atoms with Crippen molar-refractivity contribution in [2.45, 2.75) is 71.3 Å². The fourth-order valence-corrected chi connectivity index (χ4v) is 3.68. The van der Waals surface area contributed by atoms with E-state index in [-0.39, 0.29) is 29.1 Å². The Bertz CT molecular complexity index is 607. The molecular weight excluding hydrogens is 330 g/mol. The maximum absolute atomic E-state index is 12.6. The lowest BCUT2D eigenvalue weighted by molar-refractivity contribution is -0.152. The minimum absolute atomic E-state index is 0.137. The number of benzene rings is 1. The van der Waals surface area contributed by atoms with E-state index in [1.807, 2.05) is 32.0 Å². The molecule has 5 heteroatoms. The van der Waals surface area contributed by atoms with Crippen molar-refractivity contribution in [3.05, 3.63) is 29.8 Å². The third-order valence-corrected chi connectivity index (χ3v) is 9.92. The van der Waals surface area contributed by atoms with Crippen LogP contribution in [0.25, 0.3) is 0 Å². The molecule has 0 aromatic heterocycles. The zero-order valence-electron chi connectivity index (χ0n) is 16.7. The quantitative estimate of drug-likeness (QED) is 0.627. The van der Waals surface area contributed by atoms with E-state index in [1.165, 1.54) is 5.56 Å². The van der Waals surface area contributed by atoms with Crippen LogP contribution < -0.4 is 5.32 Å².